The van der Waals surface area contributed by atoms with Crippen molar-refractivity contribution in [1.82, 2.24) is 21.0 Å². The fourth-order valence-electron chi connectivity index (χ4n) is 4.22. The number of urea groups is 1. The molecule has 35 heavy (non-hydrogen) atoms. The smallest absolute Gasteiger partial charge is 0.333 e. The fraction of sp³-hybridized carbons (Fsp3) is 0.750. The number of hydrogen-bond acceptors (Lipinski definition) is 9. The van der Waals surface area contributed by atoms with Crippen LogP contribution in [0.4, 0.5) is 4.79 Å². The maximum Gasteiger partial charge on any atom is 0.333 e. The Bertz CT molecular complexity index is 958. The molecular formula is C20H30N4O9S2. The molecule has 3 rings (SSSR count). The quantitative estimate of drug-likeness (QED) is 0.107. The number of fused-ring (bicyclic) bond motifs is 1. The number of carbonyl (C=O) groups is 5. The molecule has 0 aliphatic carbocycles. The maximum atomic E-state index is 12.0. The van der Waals surface area contributed by atoms with E-state index in [1.807, 2.05) is 11.8 Å². The van der Waals surface area contributed by atoms with Crippen LogP contribution in [0, 0.1) is 0 Å². The van der Waals surface area contributed by atoms with Crippen LogP contribution in [0.2, 0.25) is 0 Å². The summed E-state index contributed by atoms with van der Waals surface area (Å²) in [5.74, 6) is -2.30. The molecule has 3 aliphatic heterocycles. The van der Waals surface area contributed by atoms with Gasteiger partial charge in [0.05, 0.1) is 18.5 Å². The summed E-state index contributed by atoms with van der Waals surface area (Å²) >= 11 is 1.85. The average molecular weight is 535 g/mol. The number of imide groups is 1. The lowest BCUT2D eigenvalue weighted by Crippen LogP contribution is -2.36. The van der Waals surface area contributed by atoms with Gasteiger partial charge in [0.15, 0.2) is 5.25 Å². The van der Waals surface area contributed by atoms with Gasteiger partial charge in [-0.05, 0) is 25.7 Å². The highest BCUT2D eigenvalue weighted by Crippen LogP contribution is 2.33. The zero-order valence-corrected chi connectivity index (χ0v) is 20.7. The van der Waals surface area contributed by atoms with Gasteiger partial charge in [0.2, 0.25) is 5.91 Å². The third-order valence-electron chi connectivity index (χ3n) is 6.08. The Balaban J connectivity index is 1.19. The van der Waals surface area contributed by atoms with E-state index in [4.69, 9.17) is 4.55 Å². The van der Waals surface area contributed by atoms with Crippen LogP contribution in [0.5, 0.6) is 0 Å². The molecule has 5 amide bonds. The van der Waals surface area contributed by atoms with E-state index < -0.39 is 39.6 Å². The van der Waals surface area contributed by atoms with Crippen LogP contribution in [0.25, 0.3) is 0 Å². The van der Waals surface area contributed by atoms with Crippen LogP contribution in [0.15, 0.2) is 0 Å². The molecule has 3 heterocycles. The second-order valence-corrected chi connectivity index (χ2v) is 11.6. The molecule has 0 aromatic rings. The Morgan fingerprint density at radius 1 is 1.09 bits per heavy atom. The molecule has 15 heteroatoms. The van der Waals surface area contributed by atoms with Gasteiger partial charge in [-0.25, -0.2) is 9.59 Å². The molecule has 3 fully saturated rings. The second kappa shape index (κ2) is 12.0. The molecule has 0 spiro atoms. The lowest BCUT2D eigenvalue weighted by molar-refractivity contribution is -0.197. The molecule has 0 unspecified atom stereocenters. The average Bonchev–Trinajstić information content (AvgIpc) is 3.41. The fourth-order valence-corrected chi connectivity index (χ4v) is 6.47. The summed E-state index contributed by atoms with van der Waals surface area (Å²) in [7, 11) is -4.76. The Morgan fingerprint density at radius 2 is 1.83 bits per heavy atom. The van der Waals surface area contributed by atoms with E-state index in [1.165, 1.54) is 0 Å². The van der Waals surface area contributed by atoms with Crippen LogP contribution in [-0.4, -0.2) is 82.6 Å². The Hall–Kier alpha value is -2.39. The number of unbranched alkanes of at least 4 members (excludes halogenated alkanes) is 3. The molecule has 3 aliphatic rings. The van der Waals surface area contributed by atoms with Gasteiger partial charge in [-0.2, -0.15) is 20.2 Å². The van der Waals surface area contributed by atoms with E-state index in [0.717, 1.165) is 25.0 Å². The molecular weight excluding hydrogens is 504 g/mol. The van der Waals surface area contributed by atoms with E-state index in [9.17, 15) is 32.4 Å². The summed E-state index contributed by atoms with van der Waals surface area (Å²) in [6, 6.07) is 0.265. The van der Waals surface area contributed by atoms with E-state index in [2.05, 4.69) is 20.8 Å². The Morgan fingerprint density at radius 3 is 2.54 bits per heavy atom. The second-order valence-electron chi connectivity index (χ2n) is 8.73. The minimum Gasteiger partial charge on any atom is -0.356 e. The molecule has 13 nitrogen and oxygen atoms in total. The highest BCUT2D eigenvalue weighted by atomic mass is 32.2. The van der Waals surface area contributed by atoms with Gasteiger partial charge in [-0.1, -0.05) is 12.8 Å². The van der Waals surface area contributed by atoms with Gasteiger partial charge in [-0.3, -0.25) is 18.9 Å². The lowest BCUT2D eigenvalue weighted by atomic mass is 10.0. The summed E-state index contributed by atoms with van der Waals surface area (Å²) in [5, 5.41) is 7.20. The minimum atomic E-state index is -4.76. The van der Waals surface area contributed by atoms with E-state index in [0.29, 0.717) is 37.5 Å². The number of rotatable bonds is 13. The zero-order chi connectivity index (χ0) is 25.6. The van der Waals surface area contributed by atoms with Crippen molar-refractivity contribution < 1.29 is 41.8 Å². The largest absolute Gasteiger partial charge is 0.356 e. The molecule has 196 valence electrons. The van der Waals surface area contributed by atoms with E-state index >= 15 is 0 Å². The number of amides is 5. The summed E-state index contributed by atoms with van der Waals surface area (Å²) < 4.78 is 31.1. The van der Waals surface area contributed by atoms with Crippen molar-refractivity contribution in [3.8, 4) is 0 Å². The normalized spacial score (nSPS) is 25.9. The summed E-state index contributed by atoms with van der Waals surface area (Å²) in [6.45, 7) is 0.451. The lowest BCUT2D eigenvalue weighted by Gasteiger charge is -2.16. The minimum absolute atomic E-state index is 0.0448. The summed E-state index contributed by atoms with van der Waals surface area (Å²) in [6.07, 6.45) is 3.76. The van der Waals surface area contributed by atoms with E-state index in [-0.39, 0.29) is 35.5 Å². The number of hydrogen-bond donors (Lipinski definition) is 4. The van der Waals surface area contributed by atoms with Crippen LogP contribution in [0.3, 0.4) is 0 Å². The first-order chi connectivity index (χ1) is 16.6. The van der Waals surface area contributed by atoms with Crippen molar-refractivity contribution in [3.05, 3.63) is 0 Å². The van der Waals surface area contributed by atoms with Crippen LogP contribution in [0.1, 0.15) is 57.8 Å². The molecule has 0 radical (unpaired) electrons. The molecule has 0 bridgehead atoms. The monoisotopic (exact) mass is 534 g/mol. The van der Waals surface area contributed by atoms with Gasteiger partial charge >= 0.3 is 12.0 Å². The number of nitrogens with one attached hydrogen (secondary N) is 3. The molecule has 0 aromatic carbocycles. The van der Waals surface area contributed by atoms with Gasteiger partial charge in [0.25, 0.3) is 21.9 Å². The van der Waals surface area contributed by atoms with Crippen molar-refractivity contribution in [2.45, 2.75) is 80.4 Å². The molecule has 4 atom stereocenters. The van der Waals surface area contributed by atoms with Crippen LogP contribution < -0.4 is 16.0 Å². The number of carbonyl (C=O) groups excluding carboxylic acids is 5. The third-order valence-corrected chi connectivity index (χ3v) is 8.67. The SMILES string of the molecule is O=C(CCCC[C@@H]1SC[C@@H]2NC(=O)N[C@@H]21)NCCCCCC(=O)ON1C(=O)C[C@H](S(=O)(=O)O)C1=O. The summed E-state index contributed by atoms with van der Waals surface area (Å²) in [5.41, 5.74) is 0. The summed E-state index contributed by atoms with van der Waals surface area (Å²) in [4.78, 5) is 63.3. The topological polar surface area (TPSA) is 188 Å². The maximum absolute atomic E-state index is 12.0. The Kier molecular flexibility index (Phi) is 9.35. The predicted octanol–water partition coefficient (Wildman–Crippen LogP) is -0.138. The van der Waals surface area contributed by atoms with Crippen LogP contribution >= 0.6 is 11.8 Å². The van der Waals surface area contributed by atoms with Crippen LogP contribution in [-0.2, 0) is 34.1 Å². The Labute approximate surface area is 207 Å². The number of thioether (sulfide) groups is 1. The van der Waals surface area contributed by atoms with Crippen molar-refractivity contribution >= 4 is 51.6 Å². The predicted molar refractivity (Wildman–Crippen MR) is 123 cm³/mol. The number of nitrogens with zero attached hydrogens (tertiary/aromatic N) is 1. The highest BCUT2D eigenvalue weighted by molar-refractivity contribution is 8.00. The van der Waals surface area contributed by atoms with Crippen molar-refractivity contribution in [1.29, 1.82) is 0 Å². The molecule has 0 aromatic heterocycles. The number of hydroxylamine groups is 2. The first kappa shape index (κ1) is 27.2. The van der Waals surface area contributed by atoms with Crippen molar-refractivity contribution in [2.75, 3.05) is 12.3 Å². The van der Waals surface area contributed by atoms with Gasteiger partial charge in [-0.15, -0.1) is 5.06 Å². The van der Waals surface area contributed by atoms with Gasteiger partial charge < -0.3 is 20.8 Å². The third kappa shape index (κ3) is 7.54. The van der Waals surface area contributed by atoms with Crippen molar-refractivity contribution in [3.63, 3.8) is 0 Å². The standard InChI is InChI=1S/C20H30N4O9S2/c25-15(7-4-3-6-13-18-12(11-34-13)22-20(29)23-18)21-9-5-1-2-8-17(27)33-24-16(26)10-14(19(24)28)35(30,31)32/h12-14,18H,1-11H2,(H,21,25)(H2,22,23,29)(H,30,31,32)/t12-,13-,14-,18-/m0/s1. The van der Waals surface area contributed by atoms with Gasteiger partial charge in [0, 0.05) is 30.4 Å². The molecule has 4 N–H and O–H groups in total. The first-order valence-electron chi connectivity index (χ1n) is 11.6. The van der Waals surface area contributed by atoms with Gasteiger partial charge in [0.1, 0.15) is 0 Å². The zero-order valence-electron chi connectivity index (χ0n) is 19.1. The van der Waals surface area contributed by atoms with E-state index in [1.54, 1.807) is 0 Å². The first-order valence-corrected chi connectivity index (χ1v) is 14.1. The van der Waals surface area contributed by atoms with Crippen molar-refractivity contribution in [2.24, 2.45) is 0 Å². The molecule has 3 saturated heterocycles. The highest BCUT2D eigenvalue weighted by Gasteiger charge is 2.48. The molecule has 0 saturated carbocycles.